The molecule has 0 bridgehead atoms. The van der Waals surface area contributed by atoms with Gasteiger partial charge in [-0.25, -0.2) is 0 Å². The van der Waals surface area contributed by atoms with Crippen LogP contribution < -0.4 is 15.3 Å². The summed E-state index contributed by atoms with van der Waals surface area (Å²) in [6, 6.07) is 20.6. The lowest BCUT2D eigenvalue weighted by Gasteiger charge is -2.43. The Morgan fingerprint density at radius 2 is 1.19 bits per heavy atom. The zero-order valence-corrected chi connectivity index (χ0v) is 17.7. The monoisotopic (exact) mass is 381 g/mol. The third-order valence-corrected chi connectivity index (χ3v) is 12.6. The van der Waals surface area contributed by atoms with Crippen molar-refractivity contribution in [3.05, 3.63) is 54.6 Å². The van der Waals surface area contributed by atoms with Crippen LogP contribution in [0, 0.1) is 0 Å². The molecule has 0 atom stereocenters. The molecule has 0 spiro atoms. The second-order valence-electron chi connectivity index (χ2n) is 8.37. The SMILES string of the molecule is COc1ccccc1[P+](c1ccccc1)(C1CCCCC1)C1CCCCC1. The molecular formula is C25H34OP+. The fourth-order valence-corrected chi connectivity index (χ4v) is 12.2. The van der Waals surface area contributed by atoms with Gasteiger partial charge < -0.3 is 4.74 Å². The van der Waals surface area contributed by atoms with Crippen molar-refractivity contribution in [3.63, 3.8) is 0 Å². The Balaban J connectivity index is 1.95. The van der Waals surface area contributed by atoms with E-state index in [-0.39, 0.29) is 0 Å². The Labute approximate surface area is 165 Å². The van der Waals surface area contributed by atoms with Crippen molar-refractivity contribution in [2.75, 3.05) is 7.11 Å². The molecule has 1 nitrogen and oxygen atoms in total. The van der Waals surface area contributed by atoms with Gasteiger partial charge in [-0.3, -0.25) is 0 Å². The molecule has 0 unspecified atom stereocenters. The van der Waals surface area contributed by atoms with Gasteiger partial charge in [0.25, 0.3) is 0 Å². The molecule has 144 valence electrons. The predicted molar refractivity (Wildman–Crippen MR) is 119 cm³/mol. The molecule has 2 heteroatoms. The third kappa shape index (κ3) is 3.56. The summed E-state index contributed by atoms with van der Waals surface area (Å²) in [5.41, 5.74) is 1.65. The molecule has 0 amide bonds. The molecule has 2 aromatic carbocycles. The number of hydrogen-bond donors (Lipinski definition) is 0. The van der Waals surface area contributed by atoms with Crippen molar-refractivity contribution in [1.29, 1.82) is 0 Å². The van der Waals surface area contributed by atoms with Crippen LogP contribution in [0.3, 0.4) is 0 Å². The van der Waals surface area contributed by atoms with Gasteiger partial charge in [0.05, 0.1) is 31.0 Å². The third-order valence-electron chi connectivity index (χ3n) is 6.97. The van der Waals surface area contributed by atoms with Crippen LogP contribution in [-0.4, -0.2) is 18.4 Å². The van der Waals surface area contributed by atoms with Gasteiger partial charge in [-0.1, -0.05) is 43.2 Å². The number of benzene rings is 2. The Kier molecular flexibility index (Phi) is 6.18. The van der Waals surface area contributed by atoms with Crippen molar-refractivity contribution >= 4 is 17.9 Å². The summed E-state index contributed by atoms with van der Waals surface area (Å²) in [4.78, 5) is 0. The zero-order chi connectivity index (χ0) is 18.5. The van der Waals surface area contributed by atoms with Gasteiger partial charge in [-0.05, 0) is 75.6 Å². The van der Waals surface area contributed by atoms with Crippen LogP contribution in [0.4, 0.5) is 0 Å². The summed E-state index contributed by atoms with van der Waals surface area (Å²) in [6.45, 7) is 0. The summed E-state index contributed by atoms with van der Waals surface area (Å²) in [6.07, 6.45) is 14.1. The lowest BCUT2D eigenvalue weighted by molar-refractivity contribution is 0.417. The summed E-state index contributed by atoms with van der Waals surface area (Å²) in [5.74, 6) is 1.13. The van der Waals surface area contributed by atoms with Gasteiger partial charge in [-0.2, -0.15) is 0 Å². The van der Waals surface area contributed by atoms with E-state index in [0.717, 1.165) is 17.1 Å². The van der Waals surface area contributed by atoms with Crippen LogP contribution in [0.1, 0.15) is 64.2 Å². The van der Waals surface area contributed by atoms with Crippen molar-refractivity contribution in [3.8, 4) is 5.75 Å². The topological polar surface area (TPSA) is 9.23 Å². The van der Waals surface area contributed by atoms with E-state index in [9.17, 15) is 0 Å². The lowest BCUT2D eigenvalue weighted by Crippen LogP contribution is -2.41. The van der Waals surface area contributed by atoms with Crippen LogP contribution in [0.25, 0.3) is 0 Å². The minimum atomic E-state index is -1.53. The fraction of sp³-hybridized carbons (Fsp3) is 0.520. The number of rotatable bonds is 5. The highest BCUT2D eigenvalue weighted by Crippen LogP contribution is 2.71. The Bertz CT molecular complexity index is 696. The minimum Gasteiger partial charge on any atom is -0.493 e. The second-order valence-corrected chi connectivity index (χ2v) is 12.4. The highest BCUT2D eigenvalue weighted by molar-refractivity contribution is 7.90. The lowest BCUT2D eigenvalue weighted by atomic mass is 9.99. The molecule has 2 fully saturated rings. The molecule has 0 radical (unpaired) electrons. The maximum absolute atomic E-state index is 5.98. The smallest absolute Gasteiger partial charge is 0.161 e. The molecular weight excluding hydrogens is 347 g/mol. The highest BCUT2D eigenvalue weighted by Gasteiger charge is 2.57. The van der Waals surface area contributed by atoms with E-state index in [1.165, 1.54) is 64.2 Å². The molecule has 2 aliphatic carbocycles. The van der Waals surface area contributed by atoms with E-state index < -0.39 is 7.26 Å². The van der Waals surface area contributed by atoms with Gasteiger partial charge >= 0.3 is 0 Å². The second kappa shape index (κ2) is 8.78. The van der Waals surface area contributed by atoms with E-state index in [2.05, 4.69) is 54.6 Å². The molecule has 0 N–H and O–H groups in total. The molecule has 2 aliphatic rings. The van der Waals surface area contributed by atoms with Gasteiger partial charge in [0.1, 0.15) is 5.30 Å². The van der Waals surface area contributed by atoms with Gasteiger partial charge in [0.2, 0.25) is 0 Å². The highest BCUT2D eigenvalue weighted by atomic mass is 31.2. The first-order valence-corrected chi connectivity index (χ1v) is 12.9. The normalized spacial score (nSPS) is 19.7. The molecule has 0 heterocycles. The molecule has 27 heavy (non-hydrogen) atoms. The summed E-state index contributed by atoms with van der Waals surface area (Å²) < 4.78 is 5.98. The van der Waals surface area contributed by atoms with E-state index in [1.54, 1.807) is 10.6 Å². The molecule has 0 aliphatic heterocycles. The maximum atomic E-state index is 5.98. The molecule has 2 aromatic rings. The fourth-order valence-electron chi connectivity index (χ4n) is 5.84. The quantitative estimate of drug-likeness (QED) is 0.550. The number of hydrogen-bond acceptors (Lipinski definition) is 1. The minimum absolute atomic E-state index is 0.827. The first kappa shape index (κ1) is 19.0. The van der Waals surface area contributed by atoms with Crippen LogP contribution in [0.15, 0.2) is 54.6 Å². The zero-order valence-electron chi connectivity index (χ0n) is 16.8. The number of para-hydroxylation sites is 1. The van der Waals surface area contributed by atoms with E-state index in [1.807, 2.05) is 7.11 Å². The van der Waals surface area contributed by atoms with Crippen LogP contribution in [-0.2, 0) is 0 Å². The first-order valence-electron chi connectivity index (χ1n) is 10.9. The molecule has 0 aromatic heterocycles. The van der Waals surface area contributed by atoms with Crippen molar-refractivity contribution in [1.82, 2.24) is 0 Å². The van der Waals surface area contributed by atoms with E-state index in [0.29, 0.717) is 0 Å². The summed E-state index contributed by atoms with van der Waals surface area (Å²) in [7, 11) is 0.330. The maximum Gasteiger partial charge on any atom is 0.161 e. The standard InChI is InChI=1S/C25H34OP/c1-26-24-19-11-12-20-25(24)27(21-13-5-2-6-14-21,22-15-7-3-8-16-22)23-17-9-4-10-18-23/h2,5-6,11-14,19-20,22-23H,3-4,7-10,15-18H2,1H3/q+1. The van der Waals surface area contributed by atoms with Gasteiger partial charge in [0.15, 0.2) is 5.75 Å². The van der Waals surface area contributed by atoms with Crippen LogP contribution in [0.5, 0.6) is 5.75 Å². The first-order chi connectivity index (χ1) is 13.4. The average Bonchev–Trinajstić information content (AvgIpc) is 2.77. The average molecular weight is 382 g/mol. The summed E-state index contributed by atoms with van der Waals surface area (Å²) >= 11 is 0. The number of methoxy groups -OCH3 is 1. The summed E-state index contributed by atoms with van der Waals surface area (Å²) in [5, 5.41) is 3.19. The van der Waals surface area contributed by atoms with Crippen molar-refractivity contribution < 1.29 is 4.74 Å². The van der Waals surface area contributed by atoms with E-state index in [4.69, 9.17) is 4.74 Å². The largest absolute Gasteiger partial charge is 0.493 e. The molecule has 0 saturated heterocycles. The Morgan fingerprint density at radius 1 is 0.667 bits per heavy atom. The van der Waals surface area contributed by atoms with Gasteiger partial charge in [-0.15, -0.1) is 0 Å². The van der Waals surface area contributed by atoms with Crippen molar-refractivity contribution in [2.24, 2.45) is 0 Å². The Morgan fingerprint density at radius 3 is 1.74 bits per heavy atom. The Hall–Kier alpha value is -1.33. The van der Waals surface area contributed by atoms with Crippen LogP contribution >= 0.6 is 7.26 Å². The van der Waals surface area contributed by atoms with Gasteiger partial charge in [0, 0.05) is 0 Å². The number of ether oxygens (including phenoxy) is 1. The van der Waals surface area contributed by atoms with E-state index >= 15 is 0 Å². The van der Waals surface area contributed by atoms with Crippen LogP contribution in [0.2, 0.25) is 0 Å². The molecule has 2 saturated carbocycles. The molecule has 4 rings (SSSR count). The van der Waals surface area contributed by atoms with Crippen molar-refractivity contribution in [2.45, 2.75) is 75.5 Å². The predicted octanol–water partition coefficient (Wildman–Crippen LogP) is 6.33.